The molecule has 0 saturated heterocycles. The molecule has 0 bridgehead atoms. The summed E-state index contributed by atoms with van der Waals surface area (Å²) < 4.78 is 5.33. The fourth-order valence-electron chi connectivity index (χ4n) is 1.71. The molecule has 0 fully saturated rings. The molecule has 0 saturated carbocycles. The van der Waals surface area contributed by atoms with Gasteiger partial charge in [-0.3, -0.25) is 9.59 Å². The van der Waals surface area contributed by atoms with Crippen LogP contribution in [-0.2, 0) is 9.59 Å². The van der Waals surface area contributed by atoms with E-state index in [4.69, 9.17) is 10.5 Å². The minimum Gasteiger partial charge on any atom is -0.484 e. The van der Waals surface area contributed by atoms with Crippen LogP contribution in [0.5, 0.6) is 5.75 Å². The van der Waals surface area contributed by atoms with Crippen molar-refractivity contribution in [3.63, 3.8) is 0 Å². The van der Waals surface area contributed by atoms with E-state index < -0.39 is 0 Å². The molecule has 6 heteroatoms. The number of nitrogens with two attached hydrogens (primary N) is 1. The number of anilines is 1. The maximum atomic E-state index is 12.0. The lowest BCUT2D eigenvalue weighted by Crippen LogP contribution is -2.25. The molecule has 6 nitrogen and oxygen atoms in total. The first-order chi connectivity index (χ1) is 10.1. The Labute approximate surface area is 125 Å². The first kappa shape index (κ1) is 17.0. The van der Waals surface area contributed by atoms with E-state index >= 15 is 0 Å². The molecule has 0 aliphatic rings. The fourth-order valence-corrected chi connectivity index (χ4v) is 1.71. The third-order valence-electron chi connectivity index (χ3n) is 3.04. The van der Waals surface area contributed by atoms with Crippen LogP contribution in [0.15, 0.2) is 24.3 Å². The highest BCUT2D eigenvalue weighted by Gasteiger charge is 2.12. The van der Waals surface area contributed by atoms with Gasteiger partial charge in [-0.1, -0.05) is 13.0 Å². The summed E-state index contributed by atoms with van der Waals surface area (Å²) in [5.74, 6) is 0.182. The summed E-state index contributed by atoms with van der Waals surface area (Å²) in [6, 6.07) is 6.96. The van der Waals surface area contributed by atoms with Crippen LogP contribution in [0.25, 0.3) is 0 Å². The Morgan fingerprint density at radius 2 is 2.14 bits per heavy atom. The van der Waals surface area contributed by atoms with Gasteiger partial charge in [-0.2, -0.15) is 0 Å². The predicted octanol–water partition coefficient (Wildman–Crippen LogP) is 1.12. The average molecular weight is 293 g/mol. The first-order valence-corrected chi connectivity index (χ1v) is 7.01. The number of hydrogen-bond acceptors (Lipinski definition) is 4. The van der Waals surface area contributed by atoms with Crippen LogP contribution < -0.4 is 21.1 Å². The predicted molar refractivity (Wildman–Crippen MR) is 82.1 cm³/mol. The summed E-state index contributed by atoms with van der Waals surface area (Å²) in [4.78, 5) is 23.1. The SMILES string of the molecule is CNC(=O)COc1cccc(NC(=O)C(C)CCCN)c1. The summed E-state index contributed by atoms with van der Waals surface area (Å²) in [6.07, 6.45) is 1.58. The number of carbonyl (C=O) groups is 2. The van der Waals surface area contributed by atoms with E-state index in [-0.39, 0.29) is 24.3 Å². The smallest absolute Gasteiger partial charge is 0.257 e. The Kier molecular flexibility index (Phi) is 7.25. The Hall–Kier alpha value is -2.08. The highest BCUT2D eigenvalue weighted by atomic mass is 16.5. The Morgan fingerprint density at radius 1 is 1.38 bits per heavy atom. The number of ether oxygens (including phenoxy) is 1. The molecule has 21 heavy (non-hydrogen) atoms. The lowest BCUT2D eigenvalue weighted by Gasteiger charge is -2.12. The van der Waals surface area contributed by atoms with Crippen molar-refractivity contribution in [3.8, 4) is 5.75 Å². The highest BCUT2D eigenvalue weighted by Crippen LogP contribution is 2.18. The third-order valence-corrected chi connectivity index (χ3v) is 3.04. The zero-order valence-corrected chi connectivity index (χ0v) is 12.5. The van der Waals surface area contributed by atoms with Crippen molar-refractivity contribution in [1.29, 1.82) is 0 Å². The van der Waals surface area contributed by atoms with Crippen molar-refractivity contribution in [2.75, 3.05) is 25.5 Å². The molecule has 0 aliphatic heterocycles. The summed E-state index contributed by atoms with van der Waals surface area (Å²) in [5.41, 5.74) is 6.08. The maximum Gasteiger partial charge on any atom is 0.257 e. The van der Waals surface area contributed by atoms with Gasteiger partial charge in [0.2, 0.25) is 5.91 Å². The zero-order valence-electron chi connectivity index (χ0n) is 12.5. The fraction of sp³-hybridized carbons (Fsp3) is 0.467. The highest BCUT2D eigenvalue weighted by molar-refractivity contribution is 5.92. The average Bonchev–Trinajstić information content (AvgIpc) is 2.50. The van der Waals surface area contributed by atoms with Crippen molar-refractivity contribution >= 4 is 17.5 Å². The quantitative estimate of drug-likeness (QED) is 0.669. The van der Waals surface area contributed by atoms with Crippen LogP contribution in [0.3, 0.4) is 0 Å². The number of rotatable bonds is 8. The number of nitrogens with one attached hydrogen (secondary N) is 2. The van der Waals surface area contributed by atoms with Gasteiger partial charge in [0.25, 0.3) is 5.91 Å². The summed E-state index contributed by atoms with van der Waals surface area (Å²) >= 11 is 0. The molecule has 116 valence electrons. The van der Waals surface area contributed by atoms with E-state index in [1.165, 1.54) is 0 Å². The third kappa shape index (κ3) is 6.27. The van der Waals surface area contributed by atoms with Gasteiger partial charge < -0.3 is 21.1 Å². The van der Waals surface area contributed by atoms with E-state index in [1.54, 1.807) is 31.3 Å². The van der Waals surface area contributed by atoms with E-state index in [2.05, 4.69) is 10.6 Å². The van der Waals surface area contributed by atoms with Crippen LogP contribution in [0.1, 0.15) is 19.8 Å². The van der Waals surface area contributed by atoms with Crippen molar-refractivity contribution < 1.29 is 14.3 Å². The molecule has 0 spiro atoms. The lowest BCUT2D eigenvalue weighted by molar-refractivity contribution is -0.122. The Bertz CT molecular complexity index is 477. The van der Waals surface area contributed by atoms with E-state index in [1.807, 2.05) is 6.92 Å². The lowest BCUT2D eigenvalue weighted by atomic mass is 10.0. The molecule has 0 aromatic heterocycles. The van der Waals surface area contributed by atoms with Crippen molar-refractivity contribution in [1.82, 2.24) is 5.32 Å². The second-order valence-electron chi connectivity index (χ2n) is 4.81. The van der Waals surface area contributed by atoms with Crippen molar-refractivity contribution in [2.45, 2.75) is 19.8 Å². The zero-order chi connectivity index (χ0) is 15.7. The molecule has 4 N–H and O–H groups in total. The van der Waals surface area contributed by atoms with Crippen LogP contribution >= 0.6 is 0 Å². The van der Waals surface area contributed by atoms with E-state index in [0.717, 1.165) is 12.8 Å². The van der Waals surface area contributed by atoms with Gasteiger partial charge in [0.05, 0.1) is 0 Å². The van der Waals surface area contributed by atoms with Crippen LogP contribution in [0.4, 0.5) is 5.69 Å². The van der Waals surface area contributed by atoms with Gasteiger partial charge >= 0.3 is 0 Å². The van der Waals surface area contributed by atoms with Crippen molar-refractivity contribution in [3.05, 3.63) is 24.3 Å². The summed E-state index contributed by atoms with van der Waals surface area (Å²) in [6.45, 7) is 2.40. The largest absolute Gasteiger partial charge is 0.484 e. The van der Waals surface area contributed by atoms with Gasteiger partial charge in [0.1, 0.15) is 5.75 Å². The maximum absolute atomic E-state index is 12.0. The van der Waals surface area contributed by atoms with Gasteiger partial charge in [-0.05, 0) is 31.5 Å². The number of carbonyl (C=O) groups excluding carboxylic acids is 2. The molecule has 0 radical (unpaired) electrons. The normalized spacial score (nSPS) is 11.6. The Morgan fingerprint density at radius 3 is 2.81 bits per heavy atom. The van der Waals surface area contributed by atoms with Crippen molar-refractivity contribution in [2.24, 2.45) is 11.7 Å². The molecule has 1 rings (SSSR count). The van der Waals surface area contributed by atoms with Gasteiger partial charge in [-0.15, -0.1) is 0 Å². The second-order valence-corrected chi connectivity index (χ2v) is 4.81. The molecule has 2 amide bonds. The second kappa shape index (κ2) is 8.97. The molecular weight excluding hydrogens is 270 g/mol. The van der Waals surface area contributed by atoms with Crippen LogP contribution in [0.2, 0.25) is 0 Å². The van der Waals surface area contributed by atoms with E-state index in [0.29, 0.717) is 18.0 Å². The molecule has 0 aliphatic carbocycles. The van der Waals surface area contributed by atoms with Gasteiger partial charge in [-0.25, -0.2) is 0 Å². The number of likely N-dealkylation sites (N-methyl/N-ethyl adjacent to an activating group) is 1. The molecule has 1 atom stereocenters. The topological polar surface area (TPSA) is 93.5 Å². The number of hydrogen-bond donors (Lipinski definition) is 3. The standard InChI is InChI=1S/C15H23N3O3/c1-11(5-4-8-16)15(20)18-12-6-3-7-13(9-12)21-10-14(19)17-2/h3,6-7,9,11H,4-5,8,10,16H2,1-2H3,(H,17,19)(H,18,20). The van der Waals surface area contributed by atoms with Crippen LogP contribution in [-0.4, -0.2) is 32.0 Å². The molecule has 0 heterocycles. The minimum atomic E-state index is -0.208. The number of amides is 2. The van der Waals surface area contributed by atoms with Gasteiger partial charge in [0, 0.05) is 24.7 Å². The monoisotopic (exact) mass is 293 g/mol. The van der Waals surface area contributed by atoms with E-state index in [9.17, 15) is 9.59 Å². The minimum absolute atomic E-state index is 0.0492. The van der Waals surface area contributed by atoms with Crippen LogP contribution in [0, 0.1) is 5.92 Å². The van der Waals surface area contributed by atoms with Gasteiger partial charge in [0.15, 0.2) is 6.61 Å². The summed E-state index contributed by atoms with van der Waals surface area (Å²) in [5, 5.41) is 5.30. The molecule has 1 unspecified atom stereocenters. The Balaban J connectivity index is 2.55. The molecule has 1 aromatic carbocycles. The first-order valence-electron chi connectivity index (χ1n) is 7.01. The number of benzene rings is 1. The molecule has 1 aromatic rings. The molecular formula is C15H23N3O3. The summed E-state index contributed by atoms with van der Waals surface area (Å²) in [7, 11) is 1.55.